The monoisotopic (exact) mass is 235 g/mol. The highest BCUT2D eigenvalue weighted by Crippen LogP contribution is 2.19. The maximum atomic E-state index is 5.81. The zero-order chi connectivity index (χ0) is 12.0. The van der Waals surface area contributed by atoms with Crippen molar-refractivity contribution in [1.82, 2.24) is 5.32 Å². The average molecular weight is 235 g/mol. The van der Waals surface area contributed by atoms with Crippen LogP contribution < -0.4 is 5.32 Å². The van der Waals surface area contributed by atoms with Crippen molar-refractivity contribution in [2.75, 3.05) is 19.9 Å². The SMILES string of the molecule is CC1(OCOCc2ccccc2)CCCNC1. The number of piperidine rings is 1. The fourth-order valence-electron chi connectivity index (χ4n) is 2.07. The third kappa shape index (κ3) is 4.11. The summed E-state index contributed by atoms with van der Waals surface area (Å²) in [5.74, 6) is 0. The summed E-state index contributed by atoms with van der Waals surface area (Å²) in [5, 5.41) is 3.35. The van der Waals surface area contributed by atoms with Crippen LogP contribution in [0.25, 0.3) is 0 Å². The molecule has 3 heteroatoms. The molecule has 1 aliphatic rings. The molecule has 0 amide bonds. The summed E-state index contributed by atoms with van der Waals surface area (Å²) >= 11 is 0. The van der Waals surface area contributed by atoms with E-state index in [1.54, 1.807) is 0 Å². The summed E-state index contributed by atoms with van der Waals surface area (Å²) in [6.07, 6.45) is 2.28. The molecule has 0 bridgehead atoms. The van der Waals surface area contributed by atoms with Crippen molar-refractivity contribution in [2.24, 2.45) is 0 Å². The number of rotatable bonds is 5. The van der Waals surface area contributed by atoms with Crippen LogP contribution in [0.5, 0.6) is 0 Å². The van der Waals surface area contributed by atoms with Crippen LogP contribution >= 0.6 is 0 Å². The van der Waals surface area contributed by atoms with Crippen molar-refractivity contribution in [1.29, 1.82) is 0 Å². The summed E-state index contributed by atoms with van der Waals surface area (Å²) < 4.78 is 11.3. The largest absolute Gasteiger partial charge is 0.351 e. The Morgan fingerprint density at radius 3 is 2.82 bits per heavy atom. The van der Waals surface area contributed by atoms with Crippen LogP contribution in [0, 0.1) is 0 Å². The van der Waals surface area contributed by atoms with Crippen molar-refractivity contribution >= 4 is 0 Å². The van der Waals surface area contributed by atoms with Gasteiger partial charge in [-0.2, -0.15) is 0 Å². The Kier molecular flexibility index (Phi) is 4.54. The fourth-order valence-corrected chi connectivity index (χ4v) is 2.07. The van der Waals surface area contributed by atoms with Gasteiger partial charge in [0.25, 0.3) is 0 Å². The molecular weight excluding hydrogens is 214 g/mol. The van der Waals surface area contributed by atoms with Crippen LogP contribution in [0.1, 0.15) is 25.3 Å². The van der Waals surface area contributed by atoms with Gasteiger partial charge in [0.15, 0.2) is 0 Å². The average Bonchev–Trinajstić information content (AvgIpc) is 2.37. The second kappa shape index (κ2) is 6.15. The van der Waals surface area contributed by atoms with Gasteiger partial charge in [0.2, 0.25) is 0 Å². The van der Waals surface area contributed by atoms with Crippen LogP contribution in [0.2, 0.25) is 0 Å². The van der Waals surface area contributed by atoms with E-state index in [9.17, 15) is 0 Å². The van der Waals surface area contributed by atoms with E-state index in [4.69, 9.17) is 9.47 Å². The van der Waals surface area contributed by atoms with Gasteiger partial charge in [-0.1, -0.05) is 30.3 Å². The van der Waals surface area contributed by atoms with Gasteiger partial charge in [-0.05, 0) is 31.9 Å². The van der Waals surface area contributed by atoms with Crippen LogP contribution in [-0.2, 0) is 16.1 Å². The molecule has 17 heavy (non-hydrogen) atoms. The number of nitrogens with one attached hydrogen (secondary N) is 1. The topological polar surface area (TPSA) is 30.5 Å². The van der Waals surface area contributed by atoms with Crippen LogP contribution in [0.3, 0.4) is 0 Å². The van der Waals surface area contributed by atoms with E-state index >= 15 is 0 Å². The zero-order valence-corrected chi connectivity index (χ0v) is 10.4. The number of hydrogen-bond acceptors (Lipinski definition) is 3. The first-order valence-corrected chi connectivity index (χ1v) is 6.25. The Morgan fingerprint density at radius 2 is 2.12 bits per heavy atom. The first-order valence-electron chi connectivity index (χ1n) is 6.25. The second-order valence-electron chi connectivity index (χ2n) is 4.83. The Bertz CT molecular complexity index is 320. The van der Waals surface area contributed by atoms with Crippen molar-refractivity contribution < 1.29 is 9.47 Å². The summed E-state index contributed by atoms with van der Waals surface area (Å²) in [7, 11) is 0. The van der Waals surface area contributed by atoms with Gasteiger partial charge in [-0.15, -0.1) is 0 Å². The number of ether oxygens (including phenoxy) is 2. The predicted octanol–water partition coefficient (Wildman–Crippen LogP) is 2.32. The van der Waals surface area contributed by atoms with Crippen molar-refractivity contribution in [3.05, 3.63) is 35.9 Å². The number of hydrogen-bond donors (Lipinski definition) is 1. The standard InChI is InChI=1S/C14H21NO2/c1-14(8-5-9-15-11-14)17-12-16-10-13-6-3-2-4-7-13/h2-4,6-7,15H,5,8-12H2,1H3. The highest BCUT2D eigenvalue weighted by molar-refractivity contribution is 5.13. The van der Waals surface area contributed by atoms with Gasteiger partial charge in [-0.3, -0.25) is 0 Å². The second-order valence-corrected chi connectivity index (χ2v) is 4.83. The lowest BCUT2D eigenvalue weighted by Crippen LogP contribution is -2.45. The van der Waals surface area contributed by atoms with Crippen LogP contribution in [0.4, 0.5) is 0 Å². The highest BCUT2D eigenvalue weighted by atomic mass is 16.7. The molecular formula is C14H21NO2. The summed E-state index contributed by atoms with van der Waals surface area (Å²) in [5.41, 5.74) is 1.12. The Balaban J connectivity index is 1.66. The maximum Gasteiger partial charge on any atom is 0.147 e. The molecule has 1 aliphatic heterocycles. The molecule has 0 radical (unpaired) electrons. The molecule has 3 nitrogen and oxygen atoms in total. The van der Waals surface area contributed by atoms with Crippen molar-refractivity contribution in [2.45, 2.75) is 32.0 Å². The molecule has 0 aliphatic carbocycles. The van der Waals surface area contributed by atoms with Gasteiger partial charge in [-0.25, -0.2) is 0 Å². The molecule has 1 aromatic carbocycles. The summed E-state index contributed by atoms with van der Waals surface area (Å²) in [6, 6.07) is 10.2. The first kappa shape index (κ1) is 12.6. The molecule has 1 N–H and O–H groups in total. The van der Waals surface area contributed by atoms with Gasteiger partial charge in [0.05, 0.1) is 12.2 Å². The fraction of sp³-hybridized carbons (Fsp3) is 0.571. The zero-order valence-electron chi connectivity index (χ0n) is 10.4. The maximum absolute atomic E-state index is 5.81. The molecule has 1 fully saturated rings. The molecule has 1 saturated heterocycles. The number of benzene rings is 1. The molecule has 94 valence electrons. The van der Waals surface area contributed by atoms with Crippen molar-refractivity contribution in [3.63, 3.8) is 0 Å². The van der Waals surface area contributed by atoms with E-state index in [-0.39, 0.29) is 5.60 Å². The molecule has 1 atom stereocenters. The first-order chi connectivity index (χ1) is 8.29. The van der Waals surface area contributed by atoms with Gasteiger partial charge in [0.1, 0.15) is 6.79 Å². The van der Waals surface area contributed by atoms with E-state index in [0.717, 1.165) is 19.5 Å². The van der Waals surface area contributed by atoms with Crippen molar-refractivity contribution in [3.8, 4) is 0 Å². The molecule has 0 spiro atoms. The molecule has 1 heterocycles. The van der Waals surface area contributed by atoms with Gasteiger partial charge in [0, 0.05) is 6.54 Å². The van der Waals surface area contributed by atoms with E-state index in [1.807, 2.05) is 18.2 Å². The Morgan fingerprint density at radius 1 is 1.29 bits per heavy atom. The lowest BCUT2D eigenvalue weighted by Gasteiger charge is -2.33. The predicted molar refractivity (Wildman–Crippen MR) is 67.7 cm³/mol. The van der Waals surface area contributed by atoms with E-state index in [1.165, 1.54) is 12.0 Å². The lowest BCUT2D eigenvalue weighted by molar-refractivity contribution is -0.146. The molecule has 0 saturated carbocycles. The smallest absolute Gasteiger partial charge is 0.147 e. The molecule has 1 aromatic rings. The van der Waals surface area contributed by atoms with Gasteiger partial charge >= 0.3 is 0 Å². The normalized spacial score (nSPS) is 24.8. The quantitative estimate of drug-likeness (QED) is 0.627. The van der Waals surface area contributed by atoms with Crippen LogP contribution in [0.15, 0.2) is 30.3 Å². The lowest BCUT2D eigenvalue weighted by atomic mass is 9.96. The molecule has 0 aromatic heterocycles. The highest BCUT2D eigenvalue weighted by Gasteiger charge is 2.27. The van der Waals surface area contributed by atoms with Gasteiger partial charge < -0.3 is 14.8 Å². The van der Waals surface area contributed by atoms with E-state index < -0.39 is 0 Å². The third-order valence-corrected chi connectivity index (χ3v) is 3.16. The van der Waals surface area contributed by atoms with Crippen LogP contribution in [-0.4, -0.2) is 25.5 Å². The minimum atomic E-state index is -0.0606. The third-order valence-electron chi connectivity index (χ3n) is 3.16. The van der Waals surface area contributed by atoms with E-state index in [2.05, 4.69) is 24.4 Å². The molecule has 2 rings (SSSR count). The minimum Gasteiger partial charge on any atom is -0.351 e. The summed E-state index contributed by atoms with van der Waals surface area (Å²) in [4.78, 5) is 0. The Hall–Kier alpha value is -0.900. The Labute approximate surface area is 103 Å². The van der Waals surface area contributed by atoms with E-state index in [0.29, 0.717) is 13.4 Å². The molecule has 1 unspecified atom stereocenters. The summed E-state index contributed by atoms with van der Waals surface area (Å²) in [6.45, 7) is 5.15. The minimum absolute atomic E-state index is 0.0606.